The van der Waals surface area contributed by atoms with Crippen LogP contribution >= 0.6 is 24.0 Å². The van der Waals surface area contributed by atoms with Crippen molar-refractivity contribution in [3.8, 4) is 5.75 Å². The van der Waals surface area contributed by atoms with Crippen molar-refractivity contribution in [1.82, 2.24) is 16.0 Å². The van der Waals surface area contributed by atoms with Crippen LogP contribution in [0.4, 0.5) is 4.79 Å². The van der Waals surface area contributed by atoms with Crippen molar-refractivity contribution in [3.63, 3.8) is 0 Å². The number of carbonyl (C=O) groups is 1. The molecule has 148 valence electrons. The van der Waals surface area contributed by atoms with E-state index in [1.807, 2.05) is 52.0 Å². The maximum absolute atomic E-state index is 11.5. The number of guanidine groups is 1. The topological polar surface area (TPSA) is 84.0 Å². The molecular weight excluding hydrogens is 447 g/mol. The van der Waals surface area contributed by atoms with Gasteiger partial charge in [0.05, 0.1) is 6.61 Å². The van der Waals surface area contributed by atoms with E-state index >= 15 is 0 Å². The zero-order valence-electron chi connectivity index (χ0n) is 16.2. The molecule has 7 nitrogen and oxygen atoms in total. The van der Waals surface area contributed by atoms with Gasteiger partial charge in [-0.25, -0.2) is 4.79 Å². The van der Waals surface area contributed by atoms with Gasteiger partial charge >= 0.3 is 6.09 Å². The van der Waals surface area contributed by atoms with Gasteiger partial charge in [0.15, 0.2) is 5.96 Å². The second-order valence-electron chi connectivity index (χ2n) is 6.36. The Labute approximate surface area is 173 Å². The van der Waals surface area contributed by atoms with Gasteiger partial charge in [0.2, 0.25) is 0 Å². The summed E-state index contributed by atoms with van der Waals surface area (Å²) in [4.78, 5) is 15.7. The van der Waals surface area contributed by atoms with Crippen LogP contribution in [-0.2, 0) is 11.3 Å². The molecule has 0 aliphatic carbocycles. The van der Waals surface area contributed by atoms with Crippen LogP contribution in [0.25, 0.3) is 0 Å². The molecule has 1 aromatic carbocycles. The van der Waals surface area contributed by atoms with Gasteiger partial charge in [-0.3, -0.25) is 4.99 Å². The highest BCUT2D eigenvalue weighted by Crippen LogP contribution is 2.12. The molecule has 0 spiro atoms. The molecule has 0 saturated heterocycles. The van der Waals surface area contributed by atoms with Gasteiger partial charge in [0.25, 0.3) is 0 Å². The summed E-state index contributed by atoms with van der Waals surface area (Å²) in [6, 6.07) is 7.91. The minimum Gasteiger partial charge on any atom is -0.494 e. The first-order valence-electron chi connectivity index (χ1n) is 8.47. The van der Waals surface area contributed by atoms with Crippen molar-refractivity contribution in [3.05, 3.63) is 29.8 Å². The highest BCUT2D eigenvalue weighted by molar-refractivity contribution is 14.0. The molecule has 3 N–H and O–H groups in total. The van der Waals surface area contributed by atoms with E-state index in [9.17, 15) is 4.79 Å². The minimum absolute atomic E-state index is 0. The quantitative estimate of drug-likeness (QED) is 0.243. The first-order valence-corrected chi connectivity index (χ1v) is 8.47. The highest BCUT2D eigenvalue weighted by Gasteiger charge is 2.15. The molecule has 0 unspecified atom stereocenters. The van der Waals surface area contributed by atoms with E-state index in [-0.39, 0.29) is 24.0 Å². The number of hydrogen-bond donors (Lipinski definition) is 3. The van der Waals surface area contributed by atoms with Gasteiger partial charge in [-0.15, -0.1) is 24.0 Å². The summed E-state index contributed by atoms with van der Waals surface area (Å²) in [5.74, 6) is 1.51. The normalized spacial score (nSPS) is 11.2. The summed E-state index contributed by atoms with van der Waals surface area (Å²) in [7, 11) is 1.70. The summed E-state index contributed by atoms with van der Waals surface area (Å²) < 4.78 is 10.7. The maximum Gasteiger partial charge on any atom is 0.407 e. The number of nitrogens with zero attached hydrogens (tertiary/aromatic N) is 1. The lowest BCUT2D eigenvalue weighted by molar-refractivity contribution is 0.0529. The van der Waals surface area contributed by atoms with Gasteiger partial charge in [-0.2, -0.15) is 0 Å². The number of aliphatic imine (C=N–C) groups is 1. The average molecular weight is 478 g/mol. The van der Waals surface area contributed by atoms with Crippen molar-refractivity contribution < 1.29 is 14.3 Å². The number of nitrogens with one attached hydrogen (secondary N) is 3. The van der Waals surface area contributed by atoms with E-state index < -0.39 is 11.7 Å². The smallest absolute Gasteiger partial charge is 0.407 e. The average Bonchev–Trinajstić information content (AvgIpc) is 2.53. The second-order valence-corrected chi connectivity index (χ2v) is 6.36. The Morgan fingerprint density at radius 1 is 1.15 bits per heavy atom. The number of halogens is 1. The number of ether oxygens (including phenoxy) is 2. The summed E-state index contributed by atoms with van der Waals surface area (Å²) in [6.45, 7) is 9.70. The minimum atomic E-state index is -0.495. The van der Waals surface area contributed by atoms with Gasteiger partial charge < -0.3 is 25.4 Å². The molecule has 0 aliphatic heterocycles. The van der Waals surface area contributed by atoms with Crippen LogP contribution in [0.3, 0.4) is 0 Å². The lowest BCUT2D eigenvalue weighted by atomic mass is 10.2. The van der Waals surface area contributed by atoms with Crippen molar-refractivity contribution in [2.75, 3.05) is 26.7 Å². The number of rotatable bonds is 7. The summed E-state index contributed by atoms with van der Waals surface area (Å²) in [5.41, 5.74) is 0.603. The predicted molar refractivity (Wildman–Crippen MR) is 115 cm³/mol. The maximum atomic E-state index is 11.5. The lowest BCUT2D eigenvalue weighted by Gasteiger charge is -2.20. The predicted octanol–water partition coefficient (Wildman–Crippen LogP) is 2.89. The third-order valence-corrected chi connectivity index (χ3v) is 2.98. The first kappa shape index (κ1) is 24.3. The number of amides is 1. The van der Waals surface area contributed by atoms with E-state index in [0.29, 0.717) is 32.2 Å². The molecule has 0 fully saturated rings. The molecular formula is C18H31IN4O3. The van der Waals surface area contributed by atoms with E-state index in [0.717, 1.165) is 11.3 Å². The number of benzene rings is 1. The SMILES string of the molecule is CCOc1cccc(CNC(=NC)NCCNC(=O)OC(C)(C)C)c1.I. The Bertz CT molecular complexity index is 574. The molecule has 26 heavy (non-hydrogen) atoms. The third-order valence-electron chi connectivity index (χ3n) is 2.98. The van der Waals surface area contributed by atoms with E-state index in [1.165, 1.54) is 0 Å². The number of hydrogen-bond acceptors (Lipinski definition) is 4. The largest absolute Gasteiger partial charge is 0.494 e. The molecule has 1 rings (SSSR count). The molecule has 0 heterocycles. The third kappa shape index (κ3) is 11.0. The molecule has 0 bridgehead atoms. The summed E-state index contributed by atoms with van der Waals surface area (Å²) >= 11 is 0. The number of carbonyl (C=O) groups excluding carboxylic acids is 1. The lowest BCUT2D eigenvalue weighted by Crippen LogP contribution is -2.42. The van der Waals surface area contributed by atoms with Crippen LogP contribution in [0.5, 0.6) is 5.75 Å². The Hall–Kier alpha value is -1.71. The molecule has 0 aromatic heterocycles. The van der Waals surface area contributed by atoms with Crippen LogP contribution in [0.15, 0.2) is 29.3 Å². The van der Waals surface area contributed by atoms with Crippen LogP contribution in [0, 0.1) is 0 Å². The van der Waals surface area contributed by atoms with E-state index in [4.69, 9.17) is 9.47 Å². The van der Waals surface area contributed by atoms with Crippen LogP contribution in [0.1, 0.15) is 33.3 Å². The molecule has 8 heteroatoms. The van der Waals surface area contributed by atoms with Crippen molar-refractivity contribution in [2.45, 2.75) is 39.8 Å². The molecule has 0 radical (unpaired) electrons. The van der Waals surface area contributed by atoms with Gasteiger partial charge in [-0.1, -0.05) is 12.1 Å². The Morgan fingerprint density at radius 2 is 1.85 bits per heavy atom. The molecule has 0 saturated carbocycles. The second kappa shape index (κ2) is 12.6. The zero-order valence-corrected chi connectivity index (χ0v) is 18.5. The van der Waals surface area contributed by atoms with Crippen molar-refractivity contribution in [1.29, 1.82) is 0 Å². The van der Waals surface area contributed by atoms with Gasteiger partial charge in [0.1, 0.15) is 11.4 Å². The molecule has 1 amide bonds. The summed E-state index contributed by atoms with van der Waals surface area (Å²) in [6.07, 6.45) is -0.426. The Kier molecular flexibility index (Phi) is 11.8. The fraction of sp³-hybridized carbons (Fsp3) is 0.556. The van der Waals surface area contributed by atoms with Gasteiger partial charge in [0, 0.05) is 26.7 Å². The molecule has 1 aromatic rings. The fourth-order valence-corrected chi connectivity index (χ4v) is 1.98. The summed E-state index contributed by atoms with van der Waals surface area (Å²) in [5, 5.41) is 9.05. The Morgan fingerprint density at radius 3 is 2.46 bits per heavy atom. The van der Waals surface area contributed by atoms with Crippen molar-refractivity contribution in [2.24, 2.45) is 4.99 Å². The number of alkyl carbamates (subject to hydrolysis) is 1. The zero-order chi connectivity index (χ0) is 18.7. The standard InChI is InChI=1S/C18H30N4O3.HI/c1-6-24-15-9-7-8-14(12-15)13-22-16(19-5)20-10-11-21-17(23)25-18(2,3)4;/h7-9,12H,6,10-11,13H2,1-5H3,(H,21,23)(H2,19,20,22);1H. The van der Waals surface area contributed by atoms with Crippen LogP contribution < -0.4 is 20.7 Å². The Balaban J connectivity index is 0.00000625. The monoisotopic (exact) mass is 478 g/mol. The van der Waals surface area contributed by atoms with Crippen LogP contribution in [-0.4, -0.2) is 44.4 Å². The van der Waals surface area contributed by atoms with E-state index in [1.54, 1.807) is 7.05 Å². The molecule has 0 aliphatic rings. The van der Waals surface area contributed by atoms with Crippen molar-refractivity contribution >= 4 is 36.0 Å². The molecule has 0 atom stereocenters. The van der Waals surface area contributed by atoms with Crippen LogP contribution in [0.2, 0.25) is 0 Å². The van der Waals surface area contributed by atoms with Gasteiger partial charge in [-0.05, 0) is 45.4 Å². The first-order chi connectivity index (χ1) is 11.8. The highest BCUT2D eigenvalue weighted by atomic mass is 127. The fourth-order valence-electron chi connectivity index (χ4n) is 1.98. The van der Waals surface area contributed by atoms with E-state index in [2.05, 4.69) is 20.9 Å².